The summed E-state index contributed by atoms with van der Waals surface area (Å²) >= 11 is 0. The summed E-state index contributed by atoms with van der Waals surface area (Å²) in [6.07, 6.45) is -2.59. The summed E-state index contributed by atoms with van der Waals surface area (Å²) in [5, 5.41) is 37.2. The van der Waals surface area contributed by atoms with Crippen molar-refractivity contribution in [1.29, 1.82) is 5.26 Å². The quantitative estimate of drug-likeness (QED) is 0.222. The zero-order chi connectivity index (χ0) is 26.9. The Morgan fingerprint density at radius 2 is 1.86 bits per heavy atom. The highest BCUT2D eigenvalue weighted by Crippen LogP contribution is 2.33. The van der Waals surface area contributed by atoms with Crippen LogP contribution in [0.5, 0.6) is 0 Å². The van der Waals surface area contributed by atoms with E-state index < -0.39 is 30.2 Å². The van der Waals surface area contributed by atoms with Crippen LogP contribution in [0.25, 0.3) is 0 Å². The molecule has 3 atom stereocenters. The van der Waals surface area contributed by atoms with Gasteiger partial charge in [-0.1, -0.05) is 24.3 Å². The summed E-state index contributed by atoms with van der Waals surface area (Å²) in [5.74, 6) is -3.70. The Kier molecular flexibility index (Phi) is 9.57. The smallest absolute Gasteiger partial charge is 0.338 e. The van der Waals surface area contributed by atoms with Crippen molar-refractivity contribution >= 4 is 23.6 Å². The molecule has 5 N–H and O–H groups in total. The van der Waals surface area contributed by atoms with Crippen molar-refractivity contribution in [3.05, 3.63) is 64.7 Å². The number of carboxylic acids is 2. The minimum atomic E-state index is -2.22. The highest BCUT2D eigenvalue weighted by atomic mass is 16.5. The molecule has 3 rings (SSSR count). The number of hydrogen-bond acceptors (Lipinski definition) is 9. The molecule has 0 aromatic heterocycles. The number of carbonyl (C=O) groups is 3. The lowest BCUT2D eigenvalue weighted by molar-refractivity contribution is -0.171. The molecule has 0 aliphatic carbocycles. The number of aliphatic hydroxyl groups is 1. The number of nitrogens with zero attached hydrogens (tertiary/aromatic N) is 2. The van der Waals surface area contributed by atoms with Crippen molar-refractivity contribution in [1.82, 2.24) is 0 Å². The molecule has 2 unspecified atom stereocenters. The molecule has 0 bridgehead atoms. The number of aliphatic hydroxyl groups excluding tert-OH is 1. The predicted molar refractivity (Wildman–Crippen MR) is 131 cm³/mol. The van der Waals surface area contributed by atoms with Crippen LogP contribution >= 0.6 is 0 Å². The molecule has 0 fully saturated rings. The molecule has 1 heterocycles. The normalized spacial score (nSPS) is 14.8. The van der Waals surface area contributed by atoms with E-state index >= 15 is 0 Å². The molecule has 0 spiro atoms. The maximum Gasteiger partial charge on any atom is 0.338 e. The molecular formula is C26H29N3O8. The minimum absolute atomic E-state index is 0.252. The van der Waals surface area contributed by atoms with Gasteiger partial charge < -0.3 is 35.4 Å². The third kappa shape index (κ3) is 7.27. The molecule has 196 valence electrons. The molecule has 11 nitrogen and oxygen atoms in total. The first-order chi connectivity index (χ1) is 17.7. The molecule has 2 aromatic carbocycles. The molecule has 0 saturated carbocycles. The van der Waals surface area contributed by atoms with Gasteiger partial charge in [0.05, 0.1) is 30.0 Å². The standard InChI is InChI=1S/C26H29N3O8/c27-14-19-12-16(13-20(28)15-37-23(25(33)34)22(30)24(31)32)11-18-7-9-29(21(18)19)8-4-10-36-26(35)17-5-2-1-3-6-17/h1-3,5-6,11-12,20,22-23,30H,4,7-10,13,15,28H2,(H,31,32)(H,33,34)/t20-,22?,23?/m0/s1. The van der Waals surface area contributed by atoms with Crippen molar-refractivity contribution in [2.75, 3.05) is 31.2 Å². The second-order valence-electron chi connectivity index (χ2n) is 8.69. The summed E-state index contributed by atoms with van der Waals surface area (Å²) in [6.45, 7) is 1.28. The average Bonchev–Trinajstić information content (AvgIpc) is 3.29. The summed E-state index contributed by atoms with van der Waals surface area (Å²) < 4.78 is 10.4. The number of rotatable bonds is 13. The number of hydrogen-bond donors (Lipinski definition) is 4. The fourth-order valence-corrected chi connectivity index (χ4v) is 4.21. The maximum absolute atomic E-state index is 12.1. The van der Waals surface area contributed by atoms with Crippen LogP contribution in [0.3, 0.4) is 0 Å². The summed E-state index contributed by atoms with van der Waals surface area (Å²) in [6, 6.07) is 13.9. The molecule has 11 heteroatoms. The topological polar surface area (TPSA) is 183 Å². The number of nitrogens with two attached hydrogens (primary N) is 1. The number of carboxylic acid groups (broad SMARTS) is 2. The summed E-state index contributed by atoms with van der Waals surface area (Å²) in [4.78, 5) is 36.2. The van der Waals surface area contributed by atoms with E-state index in [1.807, 2.05) is 12.1 Å². The van der Waals surface area contributed by atoms with Crippen LogP contribution < -0.4 is 10.6 Å². The SMILES string of the molecule is N#Cc1cc(C[C@H](N)COC(C(=O)O)C(O)C(=O)O)cc2c1N(CCCOC(=O)c1ccccc1)CC2. The van der Waals surface area contributed by atoms with Gasteiger partial charge >= 0.3 is 17.9 Å². The molecule has 2 aromatic rings. The lowest BCUT2D eigenvalue weighted by Crippen LogP contribution is -2.44. The summed E-state index contributed by atoms with van der Waals surface area (Å²) in [7, 11) is 0. The Bertz CT molecular complexity index is 1160. The van der Waals surface area contributed by atoms with Crippen LogP contribution in [-0.2, 0) is 31.9 Å². The number of carbonyl (C=O) groups excluding carboxylic acids is 1. The van der Waals surface area contributed by atoms with Gasteiger partial charge in [-0.25, -0.2) is 14.4 Å². The lowest BCUT2D eigenvalue weighted by Gasteiger charge is -2.22. The summed E-state index contributed by atoms with van der Waals surface area (Å²) in [5.41, 5.74) is 9.60. The lowest BCUT2D eigenvalue weighted by atomic mass is 9.99. The minimum Gasteiger partial charge on any atom is -0.479 e. The van der Waals surface area contributed by atoms with Gasteiger partial charge in [-0.3, -0.25) is 0 Å². The maximum atomic E-state index is 12.1. The Hall–Kier alpha value is -3.98. The predicted octanol–water partition coefficient (Wildman–Crippen LogP) is 0.953. The number of benzene rings is 2. The molecular weight excluding hydrogens is 482 g/mol. The Morgan fingerprint density at radius 3 is 2.51 bits per heavy atom. The van der Waals surface area contributed by atoms with E-state index in [2.05, 4.69) is 11.0 Å². The number of nitriles is 1. The molecule has 0 radical (unpaired) electrons. The van der Waals surface area contributed by atoms with Gasteiger partial charge in [0.2, 0.25) is 0 Å². The average molecular weight is 512 g/mol. The fraction of sp³-hybridized carbons (Fsp3) is 0.385. The van der Waals surface area contributed by atoms with Crippen LogP contribution in [0.15, 0.2) is 42.5 Å². The van der Waals surface area contributed by atoms with E-state index in [9.17, 15) is 24.8 Å². The third-order valence-electron chi connectivity index (χ3n) is 5.92. The monoisotopic (exact) mass is 511 g/mol. The third-order valence-corrected chi connectivity index (χ3v) is 5.92. The van der Waals surface area contributed by atoms with Gasteiger partial charge in [0, 0.05) is 19.1 Å². The van der Waals surface area contributed by atoms with Gasteiger partial charge in [0.15, 0.2) is 12.2 Å². The van der Waals surface area contributed by atoms with Crippen molar-refractivity contribution < 1.29 is 39.2 Å². The van der Waals surface area contributed by atoms with Crippen molar-refractivity contribution in [3.8, 4) is 6.07 Å². The second-order valence-corrected chi connectivity index (χ2v) is 8.69. The molecule has 0 saturated heterocycles. The zero-order valence-electron chi connectivity index (χ0n) is 20.1. The van der Waals surface area contributed by atoms with Gasteiger partial charge in [-0.2, -0.15) is 5.26 Å². The van der Waals surface area contributed by atoms with E-state index in [4.69, 9.17) is 25.4 Å². The van der Waals surface area contributed by atoms with E-state index in [0.717, 1.165) is 23.2 Å². The largest absolute Gasteiger partial charge is 0.479 e. The zero-order valence-corrected chi connectivity index (χ0v) is 20.1. The van der Waals surface area contributed by atoms with Gasteiger partial charge in [0.1, 0.15) is 6.07 Å². The van der Waals surface area contributed by atoms with Gasteiger partial charge in [-0.05, 0) is 48.6 Å². The van der Waals surface area contributed by atoms with Crippen LogP contribution in [0.4, 0.5) is 5.69 Å². The van der Waals surface area contributed by atoms with Crippen LogP contribution in [0, 0.1) is 11.3 Å². The fourth-order valence-electron chi connectivity index (χ4n) is 4.21. The Morgan fingerprint density at radius 1 is 1.14 bits per heavy atom. The molecule has 0 amide bonds. The number of anilines is 1. The number of aliphatic carboxylic acids is 2. The van der Waals surface area contributed by atoms with E-state index in [1.165, 1.54) is 0 Å². The number of esters is 1. The van der Waals surface area contributed by atoms with E-state index in [-0.39, 0.29) is 25.6 Å². The first-order valence-corrected chi connectivity index (χ1v) is 11.7. The van der Waals surface area contributed by atoms with E-state index in [0.29, 0.717) is 30.6 Å². The van der Waals surface area contributed by atoms with Gasteiger partial charge in [-0.15, -0.1) is 0 Å². The molecule has 1 aliphatic heterocycles. The van der Waals surface area contributed by atoms with Crippen LogP contribution in [0.2, 0.25) is 0 Å². The Balaban J connectivity index is 1.56. The van der Waals surface area contributed by atoms with Crippen LogP contribution in [-0.4, -0.2) is 77.8 Å². The number of ether oxygens (including phenoxy) is 2. The van der Waals surface area contributed by atoms with Gasteiger partial charge in [0.25, 0.3) is 0 Å². The van der Waals surface area contributed by atoms with Crippen molar-refractivity contribution in [2.45, 2.75) is 37.5 Å². The highest BCUT2D eigenvalue weighted by Gasteiger charge is 2.33. The van der Waals surface area contributed by atoms with Crippen molar-refractivity contribution in [2.24, 2.45) is 5.73 Å². The van der Waals surface area contributed by atoms with E-state index in [1.54, 1.807) is 30.3 Å². The van der Waals surface area contributed by atoms with Crippen LogP contribution in [0.1, 0.15) is 33.5 Å². The molecule has 1 aliphatic rings. The second kappa shape index (κ2) is 12.8. The first kappa shape index (κ1) is 27.6. The number of fused-ring (bicyclic) bond motifs is 1. The first-order valence-electron chi connectivity index (χ1n) is 11.7. The Labute approximate surface area is 213 Å². The van der Waals surface area contributed by atoms with Crippen molar-refractivity contribution in [3.63, 3.8) is 0 Å². The highest BCUT2D eigenvalue weighted by molar-refractivity contribution is 5.89. The molecule has 37 heavy (non-hydrogen) atoms.